The summed E-state index contributed by atoms with van der Waals surface area (Å²) in [7, 11) is 0. The molecule has 0 aliphatic carbocycles. The Labute approximate surface area is 143 Å². The number of fused-ring (bicyclic) bond motifs is 1. The first-order valence-electron chi connectivity index (χ1n) is 8.27. The van der Waals surface area contributed by atoms with Crippen molar-refractivity contribution in [1.82, 2.24) is 5.32 Å². The normalized spacial score (nSPS) is 16.2. The van der Waals surface area contributed by atoms with Gasteiger partial charge in [0.1, 0.15) is 5.75 Å². The molecule has 3 rings (SSSR count). The average Bonchev–Trinajstić information content (AvgIpc) is 2.88. The topological polar surface area (TPSA) is 64.3 Å². The molecule has 0 saturated carbocycles. The first-order valence-corrected chi connectivity index (χ1v) is 8.27. The van der Waals surface area contributed by atoms with E-state index in [9.17, 15) is 4.79 Å². The summed E-state index contributed by atoms with van der Waals surface area (Å²) in [5.74, 6) is 0.805. The minimum absolute atomic E-state index is 0.0191. The molecular formula is C20H24N2O2. The molecule has 3 N–H and O–H groups in total. The highest BCUT2D eigenvalue weighted by Gasteiger charge is 2.32. The molecule has 1 unspecified atom stereocenters. The van der Waals surface area contributed by atoms with E-state index >= 15 is 0 Å². The van der Waals surface area contributed by atoms with E-state index in [2.05, 4.69) is 19.2 Å². The Kier molecular flexibility index (Phi) is 4.33. The fraction of sp³-hybridized carbons (Fsp3) is 0.350. The Morgan fingerprint density at radius 3 is 2.62 bits per heavy atom. The number of ether oxygens (including phenoxy) is 1. The van der Waals surface area contributed by atoms with Crippen molar-refractivity contribution in [3.8, 4) is 5.75 Å². The van der Waals surface area contributed by atoms with Gasteiger partial charge in [0.05, 0.1) is 6.61 Å². The van der Waals surface area contributed by atoms with Crippen molar-refractivity contribution < 1.29 is 9.53 Å². The zero-order valence-corrected chi connectivity index (χ0v) is 14.4. The van der Waals surface area contributed by atoms with Crippen LogP contribution in [-0.2, 0) is 12.0 Å². The van der Waals surface area contributed by atoms with Crippen molar-refractivity contribution in [2.75, 3.05) is 6.61 Å². The molecule has 4 heteroatoms. The van der Waals surface area contributed by atoms with Crippen LogP contribution in [0.5, 0.6) is 5.75 Å². The van der Waals surface area contributed by atoms with E-state index in [1.807, 2.05) is 49.4 Å². The zero-order valence-electron chi connectivity index (χ0n) is 14.4. The van der Waals surface area contributed by atoms with Gasteiger partial charge in [-0.3, -0.25) is 4.79 Å². The molecule has 0 aromatic heterocycles. The van der Waals surface area contributed by atoms with Crippen LogP contribution >= 0.6 is 0 Å². The number of carbonyl (C=O) groups is 1. The zero-order chi connectivity index (χ0) is 17.3. The molecule has 0 fully saturated rings. The smallest absolute Gasteiger partial charge is 0.251 e. The lowest BCUT2D eigenvalue weighted by Crippen LogP contribution is -2.24. The Hall–Kier alpha value is -2.33. The maximum atomic E-state index is 12.4. The lowest BCUT2D eigenvalue weighted by molar-refractivity contribution is 0.0951. The van der Waals surface area contributed by atoms with Crippen molar-refractivity contribution in [2.45, 2.75) is 38.8 Å². The van der Waals surface area contributed by atoms with Crippen LogP contribution < -0.4 is 15.8 Å². The van der Waals surface area contributed by atoms with E-state index in [1.54, 1.807) is 0 Å². The Morgan fingerprint density at radius 2 is 1.96 bits per heavy atom. The molecule has 1 atom stereocenters. The van der Waals surface area contributed by atoms with E-state index < -0.39 is 0 Å². The van der Waals surface area contributed by atoms with Crippen molar-refractivity contribution in [3.63, 3.8) is 0 Å². The number of nitrogens with one attached hydrogen (secondary N) is 1. The summed E-state index contributed by atoms with van der Waals surface area (Å²) in [6, 6.07) is 13.7. The fourth-order valence-electron chi connectivity index (χ4n) is 2.89. The van der Waals surface area contributed by atoms with Crippen molar-refractivity contribution in [2.24, 2.45) is 5.73 Å². The number of amides is 1. The first-order chi connectivity index (χ1) is 11.4. The number of nitrogens with two attached hydrogens (primary N) is 1. The van der Waals surface area contributed by atoms with Crippen LogP contribution in [0, 0.1) is 0 Å². The minimum atomic E-state index is -0.0724. The SMILES string of the molecule is CC(N)c1ccc(CNC(=O)c2ccc3c(c2)C(C)(C)CO3)cc1. The Balaban J connectivity index is 1.67. The summed E-state index contributed by atoms with van der Waals surface area (Å²) in [4.78, 5) is 12.4. The van der Waals surface area contributed by atoms with Crippen LogP contribution in [-0.4, -0.2) is 12.5 Å². The molecule has 0 spiro atoms. The number of rotatable bonds is 4. The molecule has 126 valence electrons. The molecule has 1 amide bonds. The van der Waals surface area contributed by atoms with Gasteiger partial charge in [-0.05, 0) is 36.2 Å². The molecule has 1 heterocycles. The molecule has 0 bridgehead atoms. The Morgan fingerprint density at radius 1 is 1.25 bits per heavy atom. The minimum Gasteiger partial charge on any atom is -0.492 e. The van der Waals surface area contributed by atoms with Crippen molar-refractivity contribution >= 4 is 5.91 Å². The summed E-state index contributed by atoms with van der Waals surface area (Å²) >= 11 is 0. The quantitative estimate of drug-likeness (QED) is 0.907. The second-order valence-electron chi connectivity index (χ2n) is 7.10. The molecule has 2 aromatic carbocycles. The van der Waals surface area contributed by atoms with Crippen molar-refractivity contribution in [3.05, 3.63) is 64.7 Å². The van der Waals surface area contributed by atoms with Gasteiger partial charge in [0.2, 0.25) is 0 Å². The maximum absolute atomic E-state index is 12.4. The van der Waals surface area contributed by atoms with Gasteiger partial charge < -0.3 is 15.8 Å². The van der Waals surface area contributed by atoms with E-state index in [0.29, 0.717) is 18.7 Å². The molecule has 2 aromatic rings. The second kappa shape index (κ2) is 6.29. The highest BCUT2D eigenvalue weighted by Crippen LogP contribution is 2.38. The van der Waals surface area contributed by atoms with Crippen LogP contribution in [0.3, 0.4) is 0 Å². The molecule has 0 saturated heterocycles. The summed E-state index contributed by atoms with van der Waals surface area (Å²) in [5, 5.41) is 2.97. The van der Waals surface area contributed by atoms with E-state index in [0.717, 1.165) is 22.4 Å². The monoisotopic (exact) mass is 324 g/mol. The number of hydrogen-bond donors (Lipinski definition) is 2. The summed E-state index contributed by atoms with van der Waals surface area (Å²) in [6.07, 6.45) is 0. The third-order valence-electron chi connectivity index (χ3n) is 4.52. The first kappa shape index (κ1) is 16.5. The number of carbonyl (C=O) groups excluding carboxylic acids is 1. The van der Waals surface area contributed by atoms with E-state index in [-0.39, 0.29) is 17.4 Å². The molecule has 0 radical (unpaired) electrons. The third kappa shape index (κ3) is 3.29. The van der Waals surface area contributed by atoms with E-state index in [1.165, 1.54) is 0 Å². The summed E-state index contributed by atoms with van der Waals surface area (Å²) in [6.45, 7) is 7.35. The Bertz CT molecular complexity index is 749. The predicted molar refractivity (Wildman–Crippen MR) is 95.2 cm³/mol. The van der Waals surface area contributed by atoms with Gasteiger partial charge in [0, 0.05) is 29.1 Å². The van der Waals surface area contributed by atoms with Gasteiger partial charge in [0.15, 0.2) is 0 Å². The largest absolute Gasteiger partial charge is 0.492 e. The molecule has 24 heavy (non-hydrogen) atoms. The highest BCUT2D eigenvalue weighted by molar-refractivity contribution is 5.94. The average molecular weight is 324 g/mol. The summed E-state index contributed by atoms with van der Waals surface area (Å²) in [5.41, 5.74) is 9.70. The molecule has 4 nitrogen and oxygen atoms in total. The van der Waals surface area contributed by atoms with Gasteiger partial charge in [0.25, 0.3) is 5.91 Å². The molecule has 1 aliphatic heterocycles. The highest BCUT2D eigenvalue weighted by atomic mass is 16.5. The summed E-state index contributed by atoms with van der Waals surface area (Å²) < 4.78 is 5.67. The molecule has 1 aliphatic rings. The van der Waals surface area contributed by atoms with Gasteiger partial charge in [-0.2, -0.15) is 0 Å². The standard InChI is InChI=1S/C20H24N2O2/c1-13(21)15-6-4-14(5-7-15)11-22-19(23)16-8-9-18-17(10-16)20(2,3)12-24-18/h4-10,13H,11-12,21H2,1-3H3,(H,22,23). The van der Waals surface area contributed by atoms with Crippen LogP contribution in [0.1, 0.15) is 53.9 Å². The lowest BCUT2D eigenvalue weighted by Gasteiger charge is -2.15. The number of hydrogen-bond acceptors (Lipinski definition) is 3. The lowest BCUT2D eigenvalue weighted by atomic mass is 9.86. The van der Waals surface area contributed by atoms with E-state index in [4.69, 9.17) is 10.5 Å². The fourth-order valence-corrected chi connectivity index (χ4v) is 2.89. The van der Waals surface area contributed by atoms with Crippen LogP contribution in [0.2, 0.25) is 0 Å². The second-order valence-corrected chi connectivity index (χ2v) is 7.10. The van der Waals surface area contributed by atoms with Crippen LogP contribution in [0.25, 0.3) is 0 Å². The van der Waals surface area contributed by atoms with Crippen LogP contribution in [0.15, 0.2) is 42.5 Å². The van der Waals surface area contributed by atoms with Gasteiger partial charge in [-0.25, -0.2) is 0 Å². The van der Waals surface area contributed by atoms with Gasteiger partial charge in [-0.15, -0.1) is 0 Å². The number of benzene rings is 2. The maximum Gasteiger partial charge on any atom is 0.251 e. The third-order valence-corrected chi connectivity index (χ3v) is 4.52. The van der Waals surface area contributed by atoms with Crippen LogP contribution in [0.4, 0.5) is 0 Å². The van der Waals surface area contributed by atoms with Gasteiger partial charge >= 0.3 is 0 Å². The predicted octanol–water partition coefficient (Wildman–Crippen LogP) is 3.31. The van der Waals surface area contributed by atoms with Crippen molar-refractivity contribution in [1.29, 1.82) is 0 Å². The molecular weight excluding hydrogens is 300 g/mol. The van der Waals surface area contributed by atoms with Gasteiger partial charge in [-0.1, -0.05) is 38.1 Å².